The molecule has 2 amide bonds. The van der Waals surface area contributed by atoms with Crippen molar-refractivity contribution in [1.82, 2.24) is 4.90 Å². The molecular weight excluding hydrogens is 256 g/mol. The highest BCUT2D eigenvalue weighted by Gasteiger charge is 2.20. The van der Waals surface area contributed by atoms with Gasteiger partial charge in [-0.2, -0.15) is 0 Å². The summed E-state index contributed by atoms with van der Waals surface area (Å²) in [6.07, 6.45) is -0.741. The van der Waals surface area contributed by atoms with Crippen molar-refractivity contribution in [3.8, 4) is 5.75 Å². The molecule has 0 bridgehead atoms. The zero-order valence-electron chi connectivity index (χ0n) is 10.2. The van der Waals surface area contributed by atoms with Crippen molar-refractivity contribution in [2.24, 2.45) is 5.73 Å². The number of carbonyl (C=O) groups excluding carboxylic acids is 2. The first-order valence-electron chi connectivity index (χ1n) is 5.36. The molecule has 98 valence electrons. The van der Waals surface area contributed by atoms with Crippen LogP contribution in [0.5, 0.6) is 5.75 Å². The number of halogens is 1. The third-order valence-electron chi connectivity index (χ3n) is 2.26. The second-order valence-electron chi connectivity index (χ2n) is 3.85. The van der Waals surface area contributed by atoms with Crippen molar-refractivity contribution >= 4 is 23.4 Å². The first kappa shape index (κ1) is 14.3. The van der Waals surface area contributed by atoms with E-state index in [1.165, 1.54) is 11.9 Å². The van der Waals surface area contributed by atoms with Crippen molar-refractivity contribution in [3.05, 3.63) is 29.3 Å². The van der Waals surface area contributed by atoms with Crippen LogP contribution >= 0.6 is 11.6 Å². The topological polar surface area (TPSA) is 72.6 Å². The van der Waals surface area contributed by atoms with Crippen molar-refractivity contribution < 1.29 is 14.3 Å². The van der Waals surface area contributed by atoms with Gasteiger partial charge in [0.2, 0.25) is 5.91 Å². The summed E-state index contributed by atoms with van der Waals surface area (Å²) in [6, 6.07) is 6.85. The lowest BCUT2D eigenvalue weighted by Gasteiger charge is -2.21. The van der Waals surface area contributed by atoms with Crippen molar-refractivity contribution in [1.29, 1.82) is 0 Å². The molecular formula is C12H15ClN2O3. The van der Waals surface area contributed by atoms with E-state index >= 15 is 0 Å². The number of primary amides is 1. The number of hydrogen-bond donors (Lipinski definition) is 1. The van der Waals surface area contributed by atoms with Gasteiger partial charge in [0, 0.05) is 7.05 Å². The monoisotopic (exact) mass is 270 g/mol. The number of ether oxygens (including phenoxy) is 1. The minimum absolute atomic E-state index is 0.144. The maximum atomic E-state index is 11.8. The lowest BCUT2D eigenvalue weighted by Crippen LogP contribution is -2.42. The molecule has 1 aromatic rings. The zero-order chi connectivity index (χ0) is 13.7. The Morgan fingerprint density at radius 2 is 2.06 bits per heavy atom. The van der Waals surface area contributed by atoms with E-state index < -0.39 is 12.0 Å². The summed E-state index contributed by atoms with van der Waals surface area (Å²) >= 11 is 5.91. The molecule has 18 heavy (non-hydrogen) atoms. The summed E-state index contributed by atoms with van der Waals surface area (Å²) in [5.41, 5.74) is 5.01. The number of nitrogens with two attached hydrogens (primary N) is 1. The third-order valence-corrected chi connectivity index (χ3v) is 2.57. The van der Waals surface area contributed by atoms with Crippen LogP contribution in [0.15, 0.2) is 24.3 Å². The van der Waals surface area contributed by atoms with Crippen LogP contribution in [0.25, 0.3) is 0 Å². The molecule has 0 aliphatic rings. The standard InChI is InChI=1S/C12H15ClN2O3/c1-8(12(17)15(2)7-11(14)16)18-10-6-4-3-5-9(10)13/h3-6,8H,7H2,1-2H3,(H2,14,16)/t8-/m1/s1. The van der Waals surface area contributed by atoms with Gasteiger partial charge in [-0.05, 0) is 19.1 Å². The Morgan fingerprint density at radius 1 is 1.44 bits per heavy atom. The SMILES string of the molecule is C[C@@H](Oc1ccccc1Cl)C(=O)N(C)CC(N)=O. The zero-order valence-corrected chi connectivity index (χ0v) is 11.0. The molecule has 0 aliphatic carbocycles. The van der Waals surface area contributed by atoms with Gasteiger partial charge in [0.25, 0.3) is 5.91 Å². The predicted molar refractivity (Wildman–Crippen MR) is 68.4 cm³/mol. The average molecular weight is 271 g/mol. The Hall–Kier alpha value is -1.75. The fourth-order valence-electron chi connectivity index (χ4n) is 1.40. The maximum Gasteiger partial charge on any atom is 0.263 e. The van der Waals surface area contributed by atoms with E-state index in [0.717, 1.165) is 0 Å². The molecule has 1 aromatic carbocycles. The number of rotatable bonds is 5. The van der Waals surface area contributed by atoms with Gasteiger partial charge in [0.05, 0.1) is 11.6 Å². The number of para-hydroxylation sites is 1. The van der Waals surface area contributed by atoms with E-state index in [9.17, 15) is 9.59 Å². The minimum atomic E-state index is -0.741. The summed E-state index contributed by atoms with van der Waals surface area (Å²) in [5, 5.41) is 0.426. The molecule has 2 N–H and O–H groups in total. The second-order valence-corrected chi connectivity index (χ2v) is 4.26. The van der Waals surface area contributed by atoms with E-state index in [1.807, 2.05) is 0 Å². The van der Waals surface area contributed by atoms with Gasteiger partial charge in [-0.1, -0.05) is 23.7 Å². The van der Waals surface area contributed by atoms with E-state index in [1.54, 1.807) is 31.2 Å². The molecule has 5 nitrogen and oxygen atoms in total. The number of amides is 2. The van der Waals surface area contributed by atoms with E-state index in [2.05, 4.69) is 0 Å². The fourth-order valence-corrected chi connectivity index (χ4v) is 1.58. The van der Waals surface area contributed by atoms with Crippen LogP contribution in [-0.2, 0) is 9.59 Å². The van der Waals surface area contributed by atoms with Gasteiger partial charge >= 0.3 is 0 Å². The quantitative estimate of drug-likeness (QED) is 0.869. The number of benzene rings is 1. The molecule has 0 saturated carbocycles. The highest BCUT2D eigenvalue weighted by molar-refractivity contribution is 6.32. The molecule has 0 unspecified atom stereocenters. The predicted octanol–water partition coefficient (Wildman–Crippen LogP) is 1.05. The first-order valence-corrected chi connectivity index (χ1v) is 5.74. The van der Waals surface area contributed by atoms with Crippen molar-refractivity contribution in [3.63, 3.8) is 0 Å². The number of hydrogen-bond acceptors (Lipinski definition) is 3. The van der Waals surface area contributed by atoms with Crippen molar-refractivity contribution in [2.45, 2.75) is 13.0 Å². The lowest BCUT2D eigenvalue weighted by atomic mass is 10.3. The normalized spacial score (nSPS) is 11.7. The van der Waals surface area contributed by atoms with E-state index in [-0.39, 0.29) is 12.5 Å². The summed E-state index contributed by atoms with van der Waals surface area (Å²) in [5.74, 6) is -0.489. The summed E-state index contributed by atoms with van der Waals surface area (Å²) in [6.45, 7) is 1.44. The van der Waals surface area contributed by atoms with Gasteiger partial charge in [0.1, 0.15) is 5.75 Å². The van der Waals surface area contributed by atoms with Crippen LogP contribution in [0.4, 0.5) is 0 Å². The fraction of sp³-hybridized carbons (Fsp3) is 0.333. The van der Waals surface area contributed by atoms with E-state index in [4.69, 9.17) is 22.1 Å². The Labute approximate surface area is 110 Å². The Balaban J connectivity index is 2.65. The Morgan fingerprint density at radius 3 is 2.61 bits per heavy atom. The largest absolute Gasteiger partial charge is 0.479 e. The molecule has 1 atom stereocenters. The molecule has 6 heteroatoms. The smallest absolute Gasteiger partial charge is 0.263 e. The lowest BCUT2D eigenvalue weighted by molar-refractivity contribution is -0.139. The number of nitrogens with zero attached hydrogens (tertiary/aromatic N) is 1. The second kappa shape index (κ2) is 6.26. The molecule has 0 aromatic heterocycles. The molecule has 0 heterocycles. The van der Waals surface area contributed by atoms with Crippen molar-refractivity contribution in [2.75, 3.05) is 13.6 Å². The van der Waals surface area contributed by atoms with Crippen LogP contribution in [0, 0.1) is 0 Å². The van der Waals surface area contributed by atoms with E-state index in [0.29, 0.717) is 10.8 Å². The van der Waals surface area contributed by atoms with Crippen LogP contribution in [-0.4, -0.2) is 36.4 Å². The van der Waals surface area contributed by atoms with Gasteiger partial charge in [0.15, 0.2) is 6.10 Å². The molecule has 0 spiro atoms. The van der Waals surface area contributed by atoms with Gasteiger partial charge in [-0.15, -0.1) is 0 Å². The van der Waals surface area contributed by atoms with Gasteiger partial charge in [-0.3, -0.25) is 9.59 Å². The molecule has 0 radical (unpaired) electrons. The van der Waals surface area contributed by atoms with Crippen LogP contribution in [0.2, 0.25) is 5.02 Å². The summed E-state index contributed by atoms with van der Waals surface area (Å²) < 4.78 is 5.43. The number of likely N-dealkylation sites (N-methyl/N-ethyl adjacent to an activating group) is 1. The Kier molecular flexibility index (Phi) is 4.97. The third kappa shape index (κ3) is 3.92. The summed E-state index contributed by atoms with van der Waals surface area (Å²) in [4.78, 5) is 23.8. The highest BCUT2D eigenvalue weighted by Crippen LogP contribution is 2.24. The molecule has 1 rings (SSSR count). The van der Waals surface area contributed by atoms with Gasteiger partial charge < -0.3 is 15.4 Å². The first-order chi connectivity index (χ1) is 8.41. The van der Waals surface area contributed by atoms with Gasteiger partial charge in [-0.25, -0.2) is 0 Å². The Bertz CT molecular complexity index is 451. The summed E-state index contributed by atoms with van der Waals surface area (Å²) in [7, 11) is 1.49. The average Bonchev–Trinajstić information content (AvgIpc) is 2.30. The minimum Gasteiger partial charge on any atom is -0.479 e. The van der Waals surface area contributed by atoms with Crippen LogP contribution in [0.3, 0.4) is 0 Å². The number of carbonyl (C=O) groups is 2. The molecule has 0 fully saturated rings. The van der Waals surface area contributed by atoms with Crippen LogP contribution < -0.4 is 10.5 Å². The highest BCUT2D eigenvalue weighted by atomic mass is 35.5. The molecule has 0 aliphatic heterocycles. The van der Waals surface area contributed by atoms with Crippen LogP contribution in [0.1, 0.15) is 6.92 Å². The molecule has 0 saturated heterocycles. The maximum absolute atomic E-state index is 11.8.